The van der Waals surface area contributed by atoms with E-state index in [2.05, 4.69) is 15.4 Å². The zero-order valence-corrected chi connectivity index (χ0v) is 10.6. The summed E-state index contributed by atoms with van der Waals surface area (Å²) in [6, 6.07) is 9.84. The summed E-state index contributed by atoms with van der Waals surface area (Å²) < 4.78 is 0. The third-order valence-electron chi connectivity index (χ3n) is 2.85. The lowest BCUT2D eigenvalue weighted by Gasteiger charge is -2.34. The topological polar surface area (TPSA) is 69.2 Å². The van der Waals surface area contributed by atoms with Crippen molar-refractivity contribution in [1.82, 2.24) is 15.4 Å². The van der Waals surface area contributed by atoms with E-state index in [1.807, 2.05) is 42.4 Å². The molecule has 6 nitrogen and oxygen atoms in total. The number of amidine groups is 2. The molecule has 7 heteroatoms. The van der Waals surface area contributed by atoms with E-state index in [0.29, 0.717) is 10.9 Å². The molecule has 0 radical (unpaired) electrons. The molecule has 1 atom stereocenters. The van der Waals surface area contributed by atoms with Gasteiger partial charge in [-0.05, 0) is 12.2 Å². The number of hydrogen-bond acceptors (Lipinski definition) is 5. The average molecular weight is 260 g/mol. The van der Waals surface area contributed by atoms with Crippen molar-refractivity contribution in [2.24, 2.45) is 15.8 Å². The molecule has 1 unspecified atom stereocenters. The van der Waals surface area contributed by atoms with Gasteiger partial charge in [0, 0.05) is 12.6 Å². The van der Waals surface area contributed by atoms with Crippen LogP contribution in [-0.2, 0) is 0 Å². The van der Waals surface area contributed by atoms with Crippen LogP contribution >= 0.6 is 12.2 Å². The smallest absolute Gasteiger partial charge is 0.213 e. The quantitative estimate of drug-likeness (QED) is 0.553. The summed E-state index contributed by atoms with van der Waals surface area (Å²) in [6.45, 7) is 0. The van der Waals surface area contributed by atoms with E-state index in [1.165, 1.54) is 5.01 Å². The van der Waals surface area contributed by atoms with Gasteiger partial charge in [0.15, 0.2) is 12.0 Å². The Hall–Kier alpha value is -1.83. The van der Waals surface area contributed by atoms with Crippen LogP contribution in [0.15, 0.2) is 40.3 Å². The van der Waals surface area contributed by atoms with Crippen LogP contribution in [0.5, 0.6) is 0 Å². The lowest BCUT2D eigenvalue weighted by Crippen LogP contribution is -2.60. The molecule has 3 rings (SSSR count). The summed E-state index contributed by atoms with van der Waals surface area (Å²) in [5.41, 5.74) is 4.17. The van der Waals surface area contributed by atoms with E-state index < -0.39 is 0 Å². The van der Waals surface area contributed by atoms with Crippen molar-refractivity contribution in [3.8, 4) is 0 Å². The molecule has 2 heterocycles. The molecule has 1 aromatic rings. The van der Waals surface area contributed by atoms with Crippen LogP contribution in [0.25, 0.3) is 0 Å². The van der Waals surface area contributed by atoms with E-state index in [1.54, 1.807) is 0 Å². The van der Waals surface area contributed by atoms with Crippen LogP contribution in [0.4, 0.5) is 0 Å². The normalized spacial score (nSPS) is 23.3. The highest BCUT2D eigenvalue weighted by molar-refractivity contribution is 7.80. The van der Waals surface area contributed by atoms with Crippen molar-refractivity contribution in [2.45, 2.75) is 6.17 Å². The standard InChI is InChI=1S/C11H12N6S/c1-16-10-9(14-11(18)17(10)12)13-8(15-16)7-5-3-2-4-6-7/h2-6,10H,12H2,1H3,(H,13,14,15,18). The number of aliphatic imine (C=N–C) groups is 2. The highest BCUT2D eigenvalue weighted by atomic mass is 32.1. The maximum atomic E-state index is 5.83. The molecule has 18 heavy (non-hydrogen) atoms. The fourth-order valence-corrected chi connectivity index (χ4v) is 2.17. The maximum Gasteiger partial charge on any atom is 0.213 e. The highest BCUT2D eigenvalue weighted by Gasteiger charge is 2.37. The zero-order chi connectivity index (χ0) is 12.7. The second-order valence-electron chi connectivity index (χ2n) is 4.08. The molecule has 0 bridgehead atoms. The molecule has 0 aromatic heterocycles. The molecular weight excluding hydrogens is 248 g/mol. The van der Waals surface area contributed by atoms with Gasteiger partial charge in [0.05, 0.1) is 0 Å². The van der Waals surface area contributed by atoms with Crippen LogP contribution in [0, 0.1) is 0 Å². The zero-order valence-electron chi connectivity index (χ0n) is 9.74. The van der Waals surface area contributed by atoms with Crippen molar-refractivity contribution in [3.63, 3.8) is 0 Å². The predicted octanol–water partition coefficient (Wildman–Crippen LogP) is 0.0820. The fraction of sp³-hybridized carbons (Fsp3) is 0.182. The van der Waals surface area contributed by atoms with Crippen molar-refractivity contribution in [2.75, 3.05) is 7.05 Å². The van der Waals surface area contributed by atoms with Gasteiger partial charge >= 0.3 is 0 Å². The van der Waals surface area contributed by atoms with Crippen molar-refractivity contribution < 1.29 is 0 Å². The SMILES string of the molecule is CN1NC(c2ccccc2)=NC2=NC(=S)N(N)C21. The van der Waals surface area contributed by atoms with Crippen LogP contribution < -0.4 is 11.3 Å². The molecule has 0 amide bonds. The Morgan fingerprint density at radius 2 is 2.00 bits per heavy atom. The Kier molecular flexibility index (Phi) is 2.58. The van der Waals surface area contributed by atoms with Crippen LogP contribution in [-0.4, -0.2) is 40.0 Å². The van der Waals surface area contributed by atoms with E-state index in [9.17, 15) is 0 Å². The second kappa shape index (κ2) is 4.13. The molecule has 92 valence electrons. The number of nitrogens with two attached hydrogens (primary N) is 1. The molecule has 2 aliphatic rings. The average Bonchev–Trinajstić information content (AvgIpc) is 2.66. The fourth-order valence-electron chi connectivity index (χ4n) is 1.98. The molecule has 2 aliphatic heterocycles. The Labute approximate surface area is 110 Å². The number of hydrazine groups is 2. The number of benzene rings is 1. The predicted molar refractivity (Wildman–Crippen MR) is 73.7 cm³/mol. The van der Waals surface area contributed by atoms with Crippen LogP contribution in [0.1, 0.15) is 5.56 Å². The minimum Gasteiger partial charge on any atom is -0.300 e. The number of likely N-dealkylation sites (N-methyl/N-ethyl adjacent to an activating group) is 1. The first kappa shape index (κ1) is 11.3. The lowest BCUT2D eigenvalue weighted by atomic mass is 10.2. The summed E-state index contributed by atoms with van der Waals surface area (Å²) >= 11 is 5.05. The number of hydrogen-bond donors (Lipinski definition) is 2. The van der Waals surface area contributed by atoms with Crippen molar-refractivity contribution >= 4 is 29.0 Å². The van der Waals surface area contributed by atoms with E-state index >= 15 is 0 Å². The summed E-state index contributed by atoms with van der Waals surface area (Å²) in [5, 5.41) is 3.61. The van der Waals surface area contributed by atoms with Gasteiger partial charge in [0.1, 0.15) is 5.84 Å². The molecule has 0 spiro atoms. The van der Waals surface area contributed by atoms with Gasteiger partial charge in [0.2, 0.25) is 5.11 Å². The molecule has 1 aromatic carbocycles. The maximum absolute atomic E-state index is 5.83. The Balaban J connectivity index is 2.01. The summed E-state index contributed by atoms with van der Waals surface area (Å²) in [4.78, 5) is 8.67. The van der Waals surface area contributed by atoms with Crippen molar-refractivity contribution in [1.29, 1.82) is 0 Å². The Morgan fingerprint density at radius 3 is 2.72 bits per heavy atom. The first-order valence-electron chi connectivity index (χ1n) is 5.47. The Morgan fingerprint density at radius 1 is 1.28 bits per heavy atom. The lowest BCUT2D eigenvalue weighted by molar-refractivity contribution is 0.150. The largest absolute Gasteiger partial charge is 0.300 e. The molecule has 0 aliphatic carbocycles. The van der Waals surface area contributed by atoms with Gasteiger partial charge in [-0.25, -0.2) is 10.8 Å². The van der Waals surface area contributed by atoms with Crippen molar-refractivity contribution in [3.05, 3.63) is 35.9 Å². The third-order valence-corrected chi connectivity index (χ3v) is 3.15. The molecule has 0 saturated heterocycles. The summed E-state index contributed by atoms with van der Waals surface area (Å²) in [7, 11) is 1.88. The van der Waals surface area contributed by atoms with E-state index in [-0.39, 0.29) is 6.17 Å². The van der Waals surface area contributed by atoms with Crippen LogP contribution in [0.3, 0.4) is 0 Å². The van der Waals surface area contributed by atoms with Gasteiger partial charge in [-0.15, -0.1) is 0 Å². The highest BCUT2D eigenvalue weighted by Crippen LogP contribution is 2.17. The summed E-state index contributed by atoms with van der Waals surface area (Å²) in [6.07, 6.45) is -0.245. The first-order valence-corrected chi connectivity index (χ1v) is 5.88. The number of nitrogens with zero attached hydrogens (tertiary/aromatic N) is 4. The van der Waals surface area contributed by atoms with Gasteiger partial charge < -0.3 is 5.43 Å². The molecular formula is C11H12N6S. The molecule has 0 saturated carbocycles. The molecule has 0 fully saturated rings. The third kappa shape index (κ3) is 1.69. The number of rotatable bonds is 1. The minimum absolute atomic E-state index is 0.245. The number of nitrogens with one attached hydrogen (secondary N) is 1. The van der Waals surface area contributed by atoms with E-state index in [0.717, 1.165) is 11.4 Å². The summed E-state index contributed by atoms with van der Waals surface area (Å²) in [5.74, 6) is 7.19. The van der Waals surface area contributed by atoms with Gasteiger partial charge in [-0.2, -0.15) is 10.0 Å². The van der Waals surface area contributed by atoms with Gasteiger partial charge in [0.25, 0.3) is 0 Å². The van der Waals surface area contributed by atoms with Gasteiger partial charge in [-0.3, -0.25) is 5.01 Å². The molecule has 3 N–H and O–H groups in total. The first-order chi connectivity index (χ1) is 8.66. The second-order valence-corrected chi connectivity index (χ2v) is 4.45. The number of fused-ring (bicyclic) bond motifs is 1. The van der Waals surface area contributed by atoms with E-state index in [4.69, 9.17) is 18.1 Å². The van der Waals surface area contributed by atoms with Crippen LogP contribution in [0.2, 0.25) is 0 Å². The Bertz CT molecular complexity index is 552. The minimum atomic E-state index is -0.245. The number of thiocarbonyl (C=S) groups is 1. The monoisotopic (exact) mass is 260 g/mol. The van der Waals surface area contributed by atoms with Gasteiger partial charge in [-0.1, -0.05) is 30.3 Å².